The highest BCUT2D eigenvalue weighted by Crippen LogP contribution is 2.21. The van der Waals surface area contributed by atoms with Gasteiger partial charge >= 0.3 is 11.9 Å². The number of aromatic hydroxyl groups is 2. The highest BCUT2D eigenvalue weighted by molar-refractivity contribution is 7.80. The number of hydrogen-bond acceptors (Lipinski definition) is 23. The third-order valence-electron chi connectivity index (χ3n) is 14.0. The van der Waals surface area contributed by atoms with Gasteiger partial charge in [0, 0.05) is 54.7 Å². The van der Waals surface area contributed by atoms with E-state index in [0.717, 1.165) is 18.9 Å². The van der Waals surface area contributed by atoms with Crippen LogP contribution >= 0.6 is 50.5 Å². The maximum Gasteiger partial charge on any atom is 0.328 e. The number of aliphatic hydroxyl groups excluding tert-OH is 1. The number of nitrogens with zero attached hydrogens (tertiary/aromatic N) is 1. The predicted octanol–water partition coefficient (Wildman–Crippen LogP) is -4.89. The number of rotatable bonds is 36. The Hall–Kier alpha value is -8.02. The molecule has 1 fully saturated rings. The lowest BCUT2D eigenvalue weighted by Crippen LogP contribution is -2.61. The number of hydrogen-bond donors (Lipinski definition) is 18. The fourth-order valence-electron chi connectivity index (χ4n) is 8.79. The monoisotopic (exact) mass is 1350 g/mol. The Balaban J connectivity index is 1.62. The number of likely N-dealkylation sites (tertiary alicyclic amines) is 1. The lowest BCUT2D eigenvalue weighted by molar-refractivity contribution is -0.145. The van der Waals surface area contributed by atoms with E-state index >= 15 is 0 Å². The summed E-state index contributed by atoms with van der Waals surface area (Å²) >= 11 is 16.6. The normalized spacial score (nSPS) is 16.2. The molecule has 4 unspecified atom stereocenters. The maximum atomic E-state index is 14.1. The van der Waals surface area contributed by atoms with Crippen LogP contribution in [0.3, 0.4) is 0 Å². The molecule has 31 nitrogen and oxygen atoms in total. The summed E-state index contributed by atoms with van der Waals surface area (Å²) in [5, 5.41) is 54.0. The molecule has 0 spiro atoms. The predicted molar refractivity (Wildman–Crippen MR) is 338 cm³/mol. The fourth-order valence-corrected chi connectivity index (χ4v) is 9.81. The third-order valence-corrected chi connectivity index (χ3v) is 15.5. The van der Waals surface area contributed by atoms with E-state index in [-0.39, 0.29) is 73.8 Å². The van der Waals surface area contributed by atoms with Crippen LogP contribution in [0.25, 0.3) is 0 Å². The Morgan fingerprint density at radius 3 is 1.47 bits per heavy atom. The number of nitrogens with one attached hydrogen (secondary N) is 10. The van der Waals surface area contributed by atoms with Gasteiger partial charge in [-0.05, 0) is 68.5 Å². The number of phenols is 2. The van der Waals surface area contributed by atoms with Crippen LogP contribution in [0.1, 0.15) is 64.0 Å². The molecular formula is C56H80N12O19S4. The number of esters is 2. The largest absolute Gasteiger partial charge is 0.508 e. The van der Waals surface area contributed by atoms with Crippen molar-refractivity contribution in [3.05, 3.63) is 59.7 Å². The van der Waals surface area contributed by atoms with E-state index in [1.165, 1.54) is 69.5 Å². The summed E-state index contributed by atoms with van der Waals surface area (Å²) < 4.78 is 9.44. The Bertz CT molecular complexity index is 2910. The van der Waals surface area contributed by atoms with Crippen molar-refractivity contribution >= 4 is 133 Å². The second-order valence-corrected chi connectivity index (χ2v) is 22.5. The molecule has 1 heterocycles. The molecule has 1 aliphatic heterocycles. The highest BCUT2D eigenvalue weighted by Gasteiger charge is 2.41. The number of carbonyl (C=O) groups is 14. The lowest BCUT2D eigenvalue weighted by atomic mass is 10.0. The zero-order valence-corrected chi connectivity index (χ0v) is 54.0. The maximum absolute atomic E-state index is 14.1. The van der Waals surface area contributed by atoms with Crippen molar-refractivity contribution in [3.63, 3.8) is 0 Å². The zero-order valence-electron chi connectivity index (χ0n) is 50.4. The molecule has 91 heavy (non-hydrogen) atoms. The number of nitrogens with two attached hydrogens (primary N) is 1. The van der Waals surface area contributed by atoms with Crippen LogP contribution in [-0.2, 0) is 89.4 Å². The van der Waals surface area contributed by atoms with Gasteiger partial charge < -0.3 is 88.6 Å². The van der Waals surface area contributed by atoms with E-state index < -0.39 is 174 Å². The standard InChI is InChI=1S/C56H80N12O19S4/c1-27(8-17-44(74)86-4)46(75)61-34(19-30-9-13-32(70)14-10-30)48(77)65-39(25-90)51(80)66-38(24-89)50(79)62-35(21-42(57)72)55(84)68-18-6-7-41(68)53(82)59-28(2)47(76)64-40(26-91)52(81)67-45(29(3)69)54(83)58-22-43(73)60-37(23-88)49(78)63-36(56(85)87-5)20-31-11-15-33(71)16-12-31/h9-16,27-29,34-41,45,69-71,88-91H,6-8,17-26H2,1-5H3,(H2,57,72)(H,58,83)(H,59,82)(H,60,73)(H,61,75)(H,62,79)(H,63,78)(H,64,76)(H,65,77)(H,66,80)(H,67,81)/t27?,28?,29-,34+,35+,36?,37?,38+,39+,40+,41+,45+/m1/s1. The van der Waals surface area contributed by atoms with E-state index in [1.54, 1.807) is 0 Å². The number of amides is 12. The number of phenolic OH excluding ortho intramolecular Hbond substituents is 2. The van der Waals surface area contributed by atoms with E-state index in [9.17, 15) is 82.4 Å². The van der Waals surface area contributed by atoms with E-state index in [0.29, 0.717) is 11.1 Å². The number of aliphatic hydroxyl groups is 1. The van der Waals surface area contributed by atoms with Gasteiger partial charge in [0.15, 0.2) is 0 Å². The molecular weight excluding hydrogens is 1270 g/mol. The molecule has 2 aromatic carbocycles. The molecule has 0 aliphatic carbocycles. The number of carbonyl (C=O) groups excluding carboxylic acids is 14. The van der Waals surface area contributed by atoms with Crippen LogP contribution in [-0.4, -0.2) is 220 Å². The van der Waals surface area contributed by atoms with Gasteiger partial charge in [-0.2, -0.15) is 50.5 Å². The van der Waals surface area contributed by atoms with Crippen molar-refractivity contribution in [3.8, 4) is 11.5 Å². The Morgan fingerprint density at radius 2 is 1.00 bits per heavy atom. The summed E-state index contributed by atoms with van der Waals surface area (Å²) in [4.78, 5) is 186. The summed E-state index contributed by atoms with van der Waals surface area (Å²) in [6, 6.07) is -2.86. The van der Waals surface area contributed by atoms with E-state index in [4.69, 9.17) is 10.5 Å². The summed E-state index contributed by atoms with van der Waals surface area (Å²) in [6.07, 6.45) is -2.23. The summed E-state index contributed by atoms with van der Waals surface area (Å²) in [5.74, 6) is -14.7. The Morgan fingerprint density at radius 1 is 0.560 bits per heavy atom. The molecule has 3 rings (SSSR count). The average Bonchev–Trinajstić information content (AvgIpc) is 2.15. The summed E-state index contributed by atoms with van der Waals surface area (Å²) in [5.41, 5.74) is 6.55. The van der Waals surface area contributed by atoms with Crippen molar-refractivity contribution in [2.75, 3.05) is 50.3 Å². The number of thiol groups is 4. The van der Waals surface area contributed by atoms with Gasteiger partial charge in [0.05, 0.1) is 33.3 Å². The average molecular weight is 1350 g/mol. The highest BCUT2D eigenvalue weighted by atomic mass is 32.1. The van der Waals surface area contributed by atoms with Crippen molar-refractivity contribution in [1.82, 2.24) is 58.1 Å². The molecule has 0 radical (unpaired) electrons. The molecule has 1 aliphatic rings. The smallest absolute Gasteiger partial charge is 0.328 e. The van der Waals surface area contributed by atoms with Crippen LogP contribution in [0.4, 0.5) is 0 Å². The van der Waals surface area contributed by atoms with Gasteiger partial charge in [-0.3, -0.25) is 62.3 Å². The Kier molecular flexibility index (Phi) is 32.8. The molecule has 12 amide bonds. The summed E-state index contributed by atoms with van der Waals surface area (Å²) in [7, 11) is 2.31. The van der Waals surface area contributed by atoms with Crippen LogP contribution in [0.2, 0.25) is 0 Å². The quantitative estimate of drug-likeness (QED) is 0.0225. The van der Waals surface area contributed by atoms with Gasteiger partial charge in [-0.25, -0.2) is 4.79 Å². The van der Waals surface area contributed by atoms with Crippen LogP contribution in [0.15, 0.2) is 48.5 Å². The second kappa shape index (κ2) is 38.6. The van der Waals surface area contributed by atoms with E-state index in [1.807, 2.05) is 0 Å². The SMILES string of the molecule is COC(=O)CCC(C)C(=O)N[C@@H](Cc1ccc(O)cc1)C(=O)N[C@@H](CS)C(=O)N[C@@H](CS)C(=O)N[C@@H](CC(N)=O)C(=O)N1CCC[C@H]1C(=O)NC(C)C(=O)N[C@@H](CS)C(=O)N[C@H](C(=O)NCC(=O)NC(CS)C(=O)NC(Cc1ccc(O)cc1)C(=O)OC)[C@@H](C)O. The first-order valence-electron chi connectivity index (χ1n) is 28.4. The van der Waals surface area contributed by atoms with Crippen molar-refractivity contribution in [1.29, 1.82) is 0 Å². The van der Waals surface area contributed by atoms with Crippen LogP contribution < -0.4 is 58.9 Å². The molecule has 12 atom stereocenters. The zero-order chi connectivity index (χ0) is 68.2. The first-order chi connectivity index (χ1) is 43.0. The second-order valence-electron chi connectivity index (χ2n) is 21.0. The molecule has 0 aromatic heterocycles. The van der Waals surface area contributed by atoms with Gasteiger partial charge in [0.1, 0.15) is 71.9 Å². The van der Waals surface area contributed by atoms with Crippen molar-refractivity contribution in [2.24, 2.45) is 11.7 Å². The molecule has 15 N–H and O–H groups in total. The number of primary amides is 1. The van der Waals surface area contributed by atoms with Crippen LogP contribution in [0, 0.1) is 5.92 Å². The molecule has 502 valence electrons. The molecule has 35 heteroatoms. The topological polar surface area (TPSA) is 468 Å². The molecule has 1 saturated heterocycles. The Labute approximate surface area is 546 Å². The van der Waals surface area contributed by atoms with Crippen molar-refractivity contribution in [2.45, 2.75) is 132 Å². The number of ether oxygens (including phenoxy) is 2. The minimum absolute atomic E-state index is 0.0258. The first kappa shape index (κ1) is 77.2. The number of benzene rings is 2. The minimum atomic E-state index is -1.73. The summed E-state index contributed by atoms with van der Waals surface area (Å²) in [6.45, 7) is 3.07. The van der Waals surface area contributed by atoms with Gasteiger partial charge in [0.2, 0.25) is 70.9 Å². The van der Waals surface area contributed by atoms with Gasteiger partial charge in [-0.15, -0.1) is 0 Å². The third kappa shape index (κ3) is 25.3. The fraction of sp³-hybridized carbons (Fsp3) is 0.536. The van der Waals surface area contributed by atoms with Crippen LogP contribution in [0.5, 0.6) is 11.5 Å². The van der Waals surface area contributed by atoms with Crippen molar-refractivity contribution < 1.29 is 91.9 Å². The van der Waals surface area contributed by atoms with Gasteiger partial charge in [-0.1, -0.05) is 31.2 Å². The number of methoxy groups -OCH3 is 2. The molecule has 0 saturated carbocycles. The first-order valence-corrected chi connectivity index (χ1v) is 30.9. The van der Waals surface area contributed by atoms with Gasteiger partial charge in [0.25, 0.3) is 0 Å². The molecule has 0 bridgehead atoms. The van der Waals surface area contributed by atoms with E-state index in [2.05, 4.69) is 108 Å². The minimum Gasteiger partial charge on any atom is -0.508 e. The lowest BCUT2D eigenvalue weighted by Gasteiger charge is -2.30. The molecule has 2 aromatic rings.